The van der Waals surface area contributed by atoms with Crippen molar-refractivity contribution >= 4 is 30.5 Å². The van der Waals surface area contributed by atoms with Crippen molar-refractivity contribution < 1.29 is 10.0 Å². The van der Waals surface area contributed by atoms with Gasteiger partial charge >= 0.3 is 0 Å². The first-order chi connectivity index (χ1) is 10.1. The summed E-state index contributed by atoms with van der Waals surface area (Å²) in [5, 5.41) is 24.4. The minimum atomic E-state index is -0.336. The number of hydrogen-bond acceptors (Lipinski definition) is 5. The molecule has 0 unspecified atom stereocenters. The summed E-state index contributed by atoms with van der Waals surface area (Å²) in [5.41, 5.74) is 0.783. The third-order valence-electron chi connectivity index (χ3n) is 4.41. The molecule has 1 aliphatic carbocycles. The summed E-state index contributed by atoms with van der Waals surface area (Å²) in [6, 6.07) is 4.43. The number of rotatable bonds is 5. The molecular weight excluding hydrogens is 341 g/mol. The van der Waals surface area contributed by atoms with Gasteiger partial charge in [0.05, 0.1) is 10.5 Å². The monoisotopic (exact) mass is 363 g/mol. The van der Waals surface area contributed by atoms with Crippen LogP contribution in [0.15, 0.2) is 18.2 Å². The van der Waals surface area contributed by atoms with Crippen LogP contribution in [0, 0.1) is 16.0 Å². The van der Waals surface area contributed by atoms with Crippen LogP contribution < -0.4 is 5.32 Å². The Bertz CT molecular complexity index is 535. The van der Waals surface area contributed by atoms with E-state index >= 15 is 0 Å². The standard InChI is InChI=1S/C15H21N3O3.2ClH/c19-12-3-4-14(18(20)21)13(10-12)15(9-11-1-2-11)17-7-5-16-6-8-17;;/h3-4,10-11,15-16,19H,1-2,5-9H2;2*1H/t15-;;/m1../s1. The molecule has 0 radical (unpaired) electrons. The fourth-order valence-electron chi connectivity index (χ4n) is 3.11. The number of nitrogens with zero attached hydrogens (tertiary/aromatic N) is 2. The Morgan fingerprint density at radius 1 is 1.30 bits per heavy atom. The molecule has 2 aliphatic rings. The quantitative estimate of drug-likeness (QED) is 0.621. The second-order valence-corrected chi connectivity index (χ2v) is 5.98. The third kappa shape index (κ3) is 4.94. The average molecular weight is 364 g/mol. The maximum absolute atomic E-state index is 11.3. The van der Waals surface area contributed by atoms with E-state index in [9.17, 15) is 15.2 Å². The number of aromatic hydroxyl groups is 1. The number of halogens is 2. The van der Waals surface area contributed by atoms with Crippen molar-refractivity contribution in [2.45, 2.75) is 25.3 Å². The second-order valence-electron chi connectivity index (χ2n) is 5.98. The van der Waals surface area contributed by atoms with Gasteiger partial charge < -0.3 is 10.4 Å². The predicted molar refractivity (Wildman–Crippen MR) is 93.8 cm³/mol. The second kappa shape index (κ2) is 8.68. The number of phenolic OH excluding ortho intramolecular Hbond substituents is 1. The first-order valence-electron chi connectivity index (χ1n) is 7.57. The molecule has 0 amide bonds. The Balaban J connectivity index is 0.00000132. The van der Waals surface area contributed by atoms with Crippen molar-refractivity contribution in [3.05, 3.63) is 33.9 Å². The zero-order valence-electron chi connectivity index (χ0n) is 12.8. The Morgan fingerprint density at radius 3 is 2.52 bits per heavy atom. The third-order valence-corrected chi connectivity index (χ3v) is 4.41. The highest BCUT2D eigenvalue weighted by atomic mass is 35.5. The number of phenols is 1. The zero-order valence-corrected chi connectivity index (χ0v) is 14.4. The van der Waals surface area contributed by atoms with Crippen molar-refractivity contribution in [2.24, 2.45) is 5.92 Å². The molecule has 130 valence electrons. The van der Waals surface area contributed by atoms with Crippen LogP contribution in [0.25, 0.3) is 0 Å². The summed E-state index contributed by atoms with van der Waals surface area (Å²) >= 11 is 0. The van der Waals surface area contributed by atoms with E-state index in [1.807, 2.05) is 0 Å². The largest absolute Gasteiger partial charge is 0.508 e. The molecule has 3 rings (SSSR count). The predicted octanol–water partition coefficient (Wildman–Crippen LogP) is 2.89. The summed E-state index contributed by atoms with van der Waals surface area (Å²) in [4.78, 5) is 13.3. The van der Waals surface area contributed by atoms with E-state index in [0.29, 0.717) is 11.5 Å². The van der Waals surface area contributed by atoms with Gasteiger partial charge in [0.2, 0.25) is 0 Å². The Labute approximate surface area is 148 Å². The van der Waals surface area contributed by atoms with Crippen molar-refractivity contribution in [3.63, 3.8) is 0 Å². The van der Waals surface area contributed by atoms with E-state index in [4.69, 9.17) is 0 Å². The SMILES string of the molecule is Cl.Cl.O=[N+]([O-])c1ccc(O)cc1[C@@H](CC1CC1)N1CCNCC1. The molecule has 6 nitrogen and oxygen atoms in total. The van der Waals surface area contributed by atoms with Crippen LogP contribution in [0.1, 0.15) is 30.9 Å². The molecule has 1 heterocycles. The summed E-state index contributed by atoms with van der Waals surface area (Å²) in [5.74, 6) is 0.776. The lowest BCUT2D eigenvalue weighted by Gasteiger charge is -2.35. The maximum Gasteiger partial charge on any atom is 0.274 e. The zero-order chi connectivity index (χ0) is 14.8. The van der Waals surface area contributed by atoms with Crippen LogP contribution in [0.5, 0.6) is 5.75 Å². The van der Waals surface area contributed by atoms with Gasteiger partial charge in [0.15, 0.2) is 0 Å². The lowest BCUT2D eigenvalue weighted by molar-refractivity contribution is -0.386. The van der Waals surface area contributed by atoms with Crippen molar-refractivity contribution in [3.8, 4) is 5.75 Å². The van der Waals surface area contributed by atoms with Crippen molar-refractivity contribution in [1.82, 2.24) is 10.2 Å². The molecule has 8 heteroatoms. The Morgan fingerprint density at radius 2 is 1.96 bits per heavy atom. The van der Waals surface area contributed by atoms with Gasteiger partial charge in [-0.05, 0) is 24.5 Å². The molecule has 23 heavy (non-hydrogen) atoms. The highest BCUT2D eigenvalue weighted by molar-refractivity contribution is 5.85. The van der Waals surface area contributed by atoms with Gasteiger partial charge in [0.1, 0.15) is 5.75 Å². The van der Waals surface area contributed by atoms with Crippen molar-refractivity contribution in [2.75, 3.05) is 26.2 Å². The topological polar surface area (TPSA) is 78.6 Å². The molecule has 1 atom stereocenters. The summed E-state index contributed by atoms with van der Waals surface area (Å²) < 4.78 is 0. The lowest BCUT2D eigenvalue weighted by atomic mass is 9.96. The molecule has 1 aromatic carbocycles. The van der Waals surface area contributed by atoms with E-state index in [-0.39, 0.29) is 47.2 Å². The summed E-state index contributed by atoms with van der Waals surface area (Å²) in [7, 11) is 0. The molecule has 0 spiro atoms. The van der Waals surface area contributed by atoms with Crippen LogP contribution in [0.4, 0.5) is 5.69 Å². The highest BCUT2D eigenvalue weighted by Crippen LogP contribution is 2.43. The van der Waals surface area contributed by atoms with Crippen LogP contribution in [0.3, 0.4) is 0 Å². The molecule has 0 bridgehead atoms. The number of nitrogens with one attached hydrogen (secondary N) is 1. The minimum absolute atomic E-state index is 0. The van der Waals surface area contributed by atoms with E-state index in [1.54, 1.807) is 6.07 Å². The normalized spacial score (nSPS) is 19.3. The fourth-order valence-corrected chi connectivity index (χ4v) is 3.11. The average Bonchev–Trinajstić information content (AvgIpc) is 3.29. The molecule has 2 fully saturated rings. The van der Waals surface area contributed by atoms with Gasteiger partial charge in [-0.3, -0.25) is 15.0 Å². The van der Waals surface area contributed by atoms with Crippen molar-refractivity contribution in [1.29, 1.82) is 0 Å². The summed E-state index contributed by atoms with van der Waals surface area (Å²) in [6.45, 7) is 3.61. The smallest absolute Gasteiger partial charge is 0.274 e. The van der Waals surface area contributed by atoms with Gasteiger partial charge in [-0.15, -0.1) is 24.8 Å². The molecule has 2 N–H and O–H groups in total. The lowest BCUT2D eigenvalue weighted by Crippen LogP contribution is -2.45. The number of nitro groups is 1. The molecular formula is C15H23Cl2N3O3. The Kier molecular flexibility index (Phi) is 7.54. The number of hydrogen-bond donors (Lipinski definition) is 2. The molecule has 0 aromatic heterocycles. The molecule has 1 aromatic rings. The highest BCUT2D eigenvalue weighted by Gasteiger charge is 2.34. The van der Waals surface area contributed by atoms with E-state index in [0.717, 1.165) is 32.6 Å². The van der Waals surface area contributed by atoms with E-state index in [1.165, 1.54) is 25.0 Å². The number of benzene rings is 1. The van der Waals surface area contributed by atoms with Gasteiger partial charge in [0.25, 0.3) is 5.69 Å². The molecule has 1 saturated heterocycles. The van der Waals surface area contributed by atoms with Gasteiger partial charge in [-0.2, -0.15) is 0 Å². The minimum Gasteiger partial charge on any atom is -0.508 e. The van der Waals surface area contributed by atoms with Crippen LogP contribution in [-0.4, -0.2) is 41.1 Å². The van der Waals surface area contributed by atoms with E-state index < -0.39 is 0 Å². The van der Waals surface area contributed by atoms with Crippen LogP contribution in [0.2, 0.25) is 0 Å². The number of piperazine rings is 1. The van der Waals surface area contributed by atoms with E-state index in [2.05, 4.69) is 10.2 Å². The molecule has 1 aliphatic heterocycles. The van der Waals surface area contributed by atoms with Gasteiger partial charge in [-0.25, -0.2) is 0 Å². The Hall–Kier alpha value is -1.08. The maximum atomic E-state index is 11.3. The number of nitro benzene ring substituents is 1. The first-order valence-corrected chi connectivity index (χ1v) is 7.57. The fraction of sp³-hybridized carbons (Fsp3) is 0.600. The van der Waals surface area contributed by atoms with Gasteiger partial charge in [0, 0.05) is 38.3 Å². The summed E-state index contributed by atoms with van der Waals surface area (Å²) in [6.07, 6.45) is 3.38. The first kappa shape index (κ1) is 20.0. The van der Waals surface area contributed by atoms with Gasteiger partial charge in [-0.1, -0.05) is 12.8 Å². The van der Waals surface area contributed by atoms with Crippen LogP contribution >= 0.6 is 24.8 Å². The van der Waals surface area contributed by atoms with Crippen LogP contribution in [-0.2, 0) is 0 Å². The molecule has 1 saturated carbocycles.